The van der Waals surface area contributed by atoms with Gasteiger partial charge in [0.1, 0.15) is 0 Å². The summed E-state index contributed by atoms with van der Waals surface area (Å²) in [7, 11) is 0. The number of aryl methyl sites for hydroxylation is 1. The molecule has 1 heterocycles. The van der Waals surface area contributed by atoms with Gasteiger partial charge < -0.3 is 5.73 Å². The maximum Gasteiger partial charge on any atom is 0.165 e. The van der Waals surface area contributed by atoms with E-state index in [1.165, 1.54) is 0 Å². The molecular weight excluding hydrogens is 199 g/mol. The third-order valence-corrected chi connectivity index (χ3v) is 2.18. The van der Waals surface area contributed by atoms with Gasteiger partial charge in [-0.25, -0.2) is 4.39 Å². The lowest BCUT2D eigenvalue weighted by Crippen LogP contribution is -1.95. The zero-order valence-electron chi connectivity index (χ0n) is 5.36. The lowest BCUT2D eigenvalue weighted by Gasteiger charge is -2.00. The van der Waals surface area contributed by atoms with Gasteiger partial charge in [0.05, 0.1) is 22.1 Å². The Balaban J connectivity index is 3.34. The average Bonchev–Trinajstić information content (AvgIpc) is 1.93. The van der Waals surface area contributed by atoms with Crippen LogP contribution in [0.3, 0.4) is 0 Å². The lowest BCUT2D eigenvalue weighted by atomic mass is 10.3. The quantitative estimate of drug-likeness (QED) is 0.702. The maximum absolute atomic E-state index is 12.5. The Hall–Kier alpha value is -0.640. The highest BCUT2D eigenvalue weighted by molar-refractivity contribution is 9.10. The number of aromatic nitrogens is 1. The number of hydrogen-bond acceptors (Lipinski definition) is 2. The van der Waals surface area contributed by atoms with Crippen molar-refractivity contribution >= 4 is 21.6 Å². The molecule has 0 spiro atoms. The van der Waals surface area contributed by atoms with Crippen LogP contribution in [0.25, 0.3) is 0 Å². The summed E-state index contributed by atoms with van der Waals surface area (Å²) in [6, 6.07) is 0. The van der Waals surface area contributed by atoms with Gasteiger partial charge in [-0.05, 0) is 22.9 Å². The van der Waals surface area contributed by atoms with Crippen molar-refractivity contribution in [3.05, 3.63) is 22.2 Å². The predicted molar refractivity (Wildman–Crippen MR) is 41.0 cm³/mol. The van der Waals surface area contributed by atoms with Crippen molar-refractivity contribution in [2.75, 3.05) is 5.73 Å². The summed E-state index contributed by atoms with van der Waals surface area (Å²) >= 11 is 3.10. The summed E-state index contributed by atoms with van der Waals surface area (Å²) in [5.41, 5.74) is 6.13. The van der Waals surface area contributed by atoms with Gasteiger partial charge in [-0.2, -0.15) is 0 Å². The molecule has 0 fully saturated rings. The SMILES string of the molecule is Cc1ncc(F)c(N)c1Br. The first kappa shape index (κ1) is 7.47. The van der Waals surface area contributed by atoms with Gasteiger partial charge in [0.25, 0.3) is 0 Å². The number of rotatable bonds is 0. The van der Waals surface area contributed by atoms with E-state index in [-0.39, 0.29) is 5.69 Å². The van der Waals surface area contributed by atoms with E-state index < -0.39 is 5.82 Å². The summed E-state index contributed by atoms with van der Waals surface area (Å²) < 4.78 is 13.1. The summed E-state index contributed by atoms with van der Waals surface area (Å²) in [6.07, 6.45) is 1.11. The smallest absolute Gasteiger partial charge is 0.165 e. The third-order valence-electron chi connectivity index (χ3n) is 1.18. The van der Waals surface area contributed by atoms with E-state index in [4.69, 9.17) is 5.73 Å². The number of pyridine rings is 1. The molecule has 0 radical (unpaired) electrons. The summed E-state index contributed by atoms with van der Waals surface area (Å²) in [4.78, 5) is 3.74. The number of nitrogens with two attached hydrogens (primary N) is 1. The van der Waals surface area contributed by atoms with E-state index in [0.29, 0.717) is 10.2 Å². The monoisotopic (exact) mass is 204 g/mol. The van der Waals surface area contributed by atoms with Crippen molar-refractivity contribution in [1.29, 1.82) is 0 Å². The highest BCUT2D eigenvalue weighted by atomic mass is 79.9. The van der Waals surface area contributed by atoms with Crippen LogP contribution in [-0.2, 0) is 0 Å². The first-order chi connectivity index (χ1) is 4.63. The van der Waals surface area contributed by atoms with Crippen molar-refractivity contribution in [1.82, 2.24) is 4.98 Å². The fraction of sp³-hybridized carbons (Fsp3) is 0.167. The van der Waals surface area contributed by atoms with Crippen molar-refractivity contribution in [3.8, 4) is 0 Å². The van der Waals surface area contributed by atoms with Gasteiger partial charge in [-0.15, -0.1) is 0 Å². The molecule has 0 unspecified atom stereocenters. The van der Waals surface area contributed by atoms with E-state index in [0.717, 1.165) is 6.20 Å². The molecule has 0 aliphatic carbocycles. The second kappa shape index (κ2) is 2.54. The molecule has 1 aromatic heterocycles. The van der Waals surface area contributed by atoms with Crippen LogP contribution in [-0.4, -0.2) is 4.98 Å². The number of nitrogens with zero attached hydrogens (tertiary/aromatic N) is 1. The van der Waals surface area contributed by atoms with Gasteiger partial charge in [0, 0.05) is 0 Å². The molecule has 0 bridgehead atoms. The molecule has 2 N–H and O–H groups in total. The van der Waals surface area contributed by atoms with Crippen molar-refractivity contribution in [2.45, 2.75) is 6.92 Å². The van der Waals surface area contributed by atoms with E-state index >= 15 is 0 Å². The molecule has 0 aliphatic rings. The Morgan fingerprint density at radius 1 is 1.70 bits per heavy atom. The highest BCUT2D eigenvalue weighted by Gasteiger charge is 2.04. The Bertz CT molecular complexity index is 235. The second-order valence-corrected chi connectivity index (χ2v) is 2.71. The van der Waals surface area contributed by atoms with Crippen LogP contribution in [0.4, 0.5) is 10.1 Å². The standard InChI is InChI=1S/C6H6BrFN2/c1-3-5(7)6(9)4(8)2-10-3/h2H,1H3,(H2,9,10). The van der Waals surface area contributed by atoms with Crippen molar-refractivity contribution in [3.63, 3.8) is 0 Å². The molecule has 0 aliphatic heterocycles. The maximum atomic E-state index is 12.5. The molecule has 0 atom stereocenters. The van der Waals surface area contributed by atoms with Crippen LogP contribution >= 0.6 is 15.9 Å². The van der Waals surface area contributed by atoms with E-state index in [1.807, 2.05) is 0 Å². The fourth-order valence-corrected chi connectivity index (χ4v) is 0.871. The molecular formula is C6H6BrFN2. The Morgan fingerprint density at radius 2 is 2.30 bits per heavy atom. The number of nitrogen functional groups attached to an aromatic ring is 1. The van der Waals surface area contributed by atoms with Gasteiger partial charge in [-0.1, -0.05) is 0 Å². The van der Waals surface area contributed by atoms with Crippen LogP contribution in [0.5, 0.6) is 0 Å². The van der Waals surface area contributed by atoms with E-state index in [9.17, 15) is 4.39 Å². The van der Waals surface area contributed by atoms with Gasteiger partial charge in [-0.3, -0.25) is 4.98 Å². The molecule has 1 aromatic rings. The molecule has 2 nitrogen and oxygen atoms in total. The van der Waals surface area contributed by atoms with E-state index in [2.05, 4.69) is 20.9 Å². The Labute approximate surface area is 66.4 Å². The van der Waals surface area contributed by atoms with Crippen LogP contribution in [0.15, 0.2) is 10.7 Å². The van der Waals surface area contributed by atoms with Crippen molar-refractivity contribution < 1.29 is 4.39 Å². The largest absolute Gasteiger partial charge is 0.395 e. The molecule has 4 heteroatoms. The lowest BCUT2D eigenvalue weighted by molar-refractivity contribution is 0.624. The summed E-state index contributed by atoms with van der Waals surface area (Å²) in [5, 5.41) is 0. The zero-order valence-corrected chi connectivity index (χ0v) is 6.94. The minimum absolute atomic E-state index is 0.118. The minimum Gasteiger partial charge on any atom is -0.395 e. The minimum atomic E-state index is -0.488. The van der Waals surface area contributed by atoms with Gasteiger partial charge >= 0.3 is 0 Å². The summed E-state index contributed by atoms with van der Waals surface area (Å²) in [6.45, 7) is 1.75. The molecule has 54 valence electrons. The Kier molecular flexibility index (Phi) is 1.89. The summed E-state index contributed by atoms with van der Waals surface area (Å²) in [5.74, 6) is -0.488. The first-order valence-corrected chi connectivity index (χ1v) is 3.48. The first-order valence-electron chi connectivity index (χ1n) is 2.69. The number of halogens is 2. The van der Waals surface area contributed by atoms with E-state index in [1.54, 1.807) is 6.92 Å². The third kappa shape index (κ3) is 1.11. The van der Waals surface area contributed by atoms with Crippen LogP contribution in [0.2, 0.25) is 0 Å². The average molecular weight is 205 g/mol. The molecule has 0 saturated heterocycles. The normalized spacial score (nSPS) is 9.90. The fourth-order valence-electron chi connectivity index (χ4n) is 0.579. The zero-order chi connectivity index (χ0) is 7.72. The van der Waals surface area contributed by atoms with Crippen LogP contribution < -0.4 is 5.73 Å². The van der Waals surface area contributed by atoms with Crippen LogP contribution in [0.1, 0.15) is 5.69 Å². The molecule has 10 heavy (non-hydrogen) atoms. The highest BCUT2D eigenvalue weighted by Crippen LogP contribution is 2.23. The second-order valence-electron chi connectivity index (χ2n) is 1.92. The predicted octanol–water partition coefficient (Wildman–Crippen LogP) is 1.87. The molecule has 1 rings (SSSR count). The molecule has 0 aromatic carbocycles. The molecule has 0 amide bonds. The topological polar surface area (TPSA) is 38.9 Å². The Morgan fingerprint density at radius 3 is 2.80 bits per heavy atom. The number of anilines is 1. The van der Waals surface area contributed by atoms with Crippen LogP contribution in [0, 0.1) is 12.7 Å². The van der Waals surface area contributed by atoms with Gasteiger partial charge in [0.15, 0.2) is 5.82 Å². The van der Waals surface area contributed by atoms with Gasteiger partial charge in [0.2, 0.25) is 0 Å². The van der Waals surface area contributed by atoms with Crippen molar-refractivity contribution in [2.24, 2.45) is 0 Å². The number of hydrogen-bond donors (Lipinski definition) is 1. The molecule has 0 saturated carbocycles.